The first kappa shape index (κ1) is 86.1. The van der Waals surface area contributed by atoms with Gasteiger partial charge < -0.3 is 33.8 Å². The zero-order chi connectivity index (χ0) is 65.0. The van der Waals surface area contributed by atoms with Crippen LogP contribution in [0.1, 0.15) is 350 Å². The summed E-state index contributed by atoms with van der Waals surface area (Å²) in [5, 5.41) is 10.5. The lowest BCUT2D eigenvalue weighted by Crippen LogP contribution is -2.30. The first-order chi connectivity index (χ1) is 42.4. The molecule has 0 fully saturated rings. The van der Waals surface area contributed by atoms with Gasteiger partial charge in [0.15, 0.2) is 12.2 Å². The molecule has 5 atom stereocenters. The average molecular weight is 1300 g/mol. The summed E-state index contributed by atoms with van der Waals surface area (Å²) in [5.41, 5.74) is 0. The van der Waals surface area contributed by atoms with E-state index < -0.39 is 97.5 Å². The summed E-state index contributed by atoms with van der Waals surface area (Å²) in [7, 11) is -9.89. The zero-order valence-electron chi connectivity index (χ0n) is 57.0. The van der Waals surface area contributed by atoms with Gasteiger partial charge in [0, 0.05) is 25.7 Å². The van der Waals surface area contributed by atoms with E-state index in [1.807, 2.05) is 0 Å². The minimum atomic E-state index is -4.95. The molecule has 2 unspecified atom stereocenters. The van der Waals surface area contributed by atoms with Crippen molar-refractivity contribution in [1.82, 2.24) is 0 Å². The van der Waals surface area contributed by atoms with Crippen LogP contribution in [0, 0.1) is 11.8 Å². The molecule has 0 aromatic heterocycles. The van der Waals surface area contributed by atoms with E-state index in [2.05, 4.69) is 41.5 Å². The molecule has 0 aromatic rings. The number of aliphatic hydroxyl groups excluding tert-OH is 1. The van der Waals surface area contributed by atoms with Crippen LogP contribution < -0.4 is 0 Å². The Morgan fingerprint density at radius 2 is 0.523 bits per heavy atom. The number of carbonyl (C=O) groups is 4. The van der Waals surface area contributed by atoms with Crippen molar-refractivity contribution in [2.24, 2.45) is 11.8 Å². The second-order valence-corrected chi connectivity index (χ2v) is 28.8. The summed E-state index contributed by atoms with van der Waals surface area (Å²) in [6.45, 7) is 9.47. The Morgan fingerprint density at radius 1 is 0.307 bits per heavy atom. The van der Waals surface area contributed by atoms with E-state index in [-0.39, 0.29) is 25.7 Å². The molecule has 0 aromatic carbocycles. The van der Waals surface area contributed by atoms with Gasteiger partial charge in [0.05, 0.1) is 26.4 Å². The van der Waals surface area contributed by atoms with Crippen molar-refractivity contribution in [2.45, 2.75) is 368 Å². The van der Waals surface area contributed by atoms with Gasteiger partial charge in [-0.1, -0.05) is 298 Å². The first-order valence-electron chi connectivity index (χ1n) is 36.0. The van der Waals surface area contributed by atoms with Gasteiger partial charge in [-0.25, -0.2) is 9.13 Å². The van der Waals surface area contributed by atoms with E-state index in [4.69, 9.17) is 37.0 Å². The van der Waals surface area contributed by atoms with Crippen LogP contribution >= 0.6 is 15.6 Å². The number of carbonyl (C=O) groups excluding carboxylic acids is 4. The summed E-state index contributed by atoms with van der Waals surface area (Å²) in [5.74, 6) is -0.607. The van der Waals surface area contributed by atoms with Crippen LogP contribution in [-0.4, -0.2) is 96.7 Å². The van der Waals surface area contributed by atoms with Crippen molar-refractivity contribution in [1.29, 1.82) is 0 Å². The average Bonchev–Trinajstić information content (AvgIpc) is 3.65. The Labute approximate surface area is 537 Å². The van der Waals surface area contributed by atoms with Crippen molar-refractivity contribution in [3.05, 3.63) is 0 Å². The quantitative estimate of drug-likeness (QED) is 0.0222. The maximum absolute atomic E-state index is 13.0. The number of hydrogen-bond donors (Lipinski definition) is 3. The van der Waals surface area contributed by atoms with Gasteiger partial charge >= 0.3 is 39.5 Å². The van der Waals surface area contributed by atoms with Gasteiger partial charge in [-0.3, -0.25) is 37.3 Å². The molecule has 0 rings (SSSR count). The van der Waals surface area contributed by atoms with E-state index in [9.17, 15) is 43.2 Å². The number of hydrogen-bond acceptors (Lipinski definition) is 15. The summed E-state index contributed by atoms with van der Waals surface area (Å²) < 4.78 is 68.0. The number of aliphatic hydroxyl groups is 1. The maximum atomic E-state index is 13.0. The highest BCUT2D eigenvalue weighted by Crippen LogP contribution is 2.45. The molecule has 0 radical (unpaired) electrons. The monoisotopic (exact) mass is 1300 g/mol. The first-order valence-corrected chi connectivity index (χ1v) is 39.0. The van der Waals surface area contributed by atoms with Crippen molar-refractivity contribution < 1.29 is 80.2 Å². The van der Waals surface area contributed by atoms with Crippen molar-refractivity contribution in [3.63, 3.8) is 0 Å². The highest BCUT2D eigenvalue weighted by atomic mass is 31.2. The molecule has 0 saturated heterocycles. The number of phosphoric ester groups is 2. The van der Waals surface area contributed by atoms with Gasteiger partial charge in [0.2, 0.25) is 0 Å². The Balaban J connectivity index is 5.11. The van der Waals surface area contributed by atoms with Gasteiger partial charge in [-0.05, 0) is 37.5 Å². The number of unbranched alkanes of at least 4 members (excludes halogenated alkanes) is 38. The third-order valence-electron chi connectivity index (χ3n) is 16.0. The van der Waals surface area contributed by atoms with E-state index in [1.165, 1.54) is 148 Å². The Kier molecular flexibility index (Phi) is 59.9. The molecule has 0 heterocycles. The summed E-state index contributed by atoms with van der Waals surface area (Å²) in [4.78, 5) is 72.2. The van der Waals surface area contributed by atoms with Crippen molar-refractivity contribution in [3.8, 4) is 0 Å². The van der Waals surface area contributed by atoms with Crippen LogP contribution in [0.15, 0.2) is 0 Å². The fraction of sp³-hybridized carbons (Fsp3) is 0.942. The van der Waals surface area contributed by atoms with Crippen LogP contribution in [-0.2, 0) is 65.4 Å². The predicted octanol–water partition coefficient (Wildman–Crippen LogP) is 19.6. The van der Waals surface area contributed by atoms with Gasteiger partial charge in [-0.2, -0.15) is 0 Å². The molecule has 3 N–H and O–H groups in total. The second kappa shape index (κ2) is 61.3. The van der Waals surface area contributed by atoms with Crippen molar-refractivity contribution in [2.75, 3.05) is 39.6 Å². The van der Waals surface area contributed by atoms with Crippen LogP contribution in [0.5, 0.6) is 0 Å². The summed E-state index contributed by atoms with van der Waals surface area (Å²) in [6, 6.07) is 0. The Morgan fingerprint density at radius 3 is 0.773 bits per heavy atom. The van der Waals surface area contributed by atoms with E-state index in [0.717, 1.165) is 115 Å². The number of rotatable bonds is 68. The van der Waals surface area contributed by atoms with Gasteiger partial charge in [0.25, 0.3) is 0 Å². The van der Waals surface area contributed by atoms with Crippen LogP contribution in [0.4, 0.5) is 0 Å². The number of phosphoric acid groups is 2. The van der Waals surface area contributed by atoms with Crippen molar-refractivity contribution >= 4 is 39.5 Å². The fourth-order valence-corrected chi connectivity index (χ4v) is 12.0. The summed E-state index contributed by atoms with van der Waals surface area (Å²) in [6.07, 6.45) is 46.2. The third-order valence-corrected chi connectivity index (χ3v) is 17.9. The molecule has 0 aliphatic heterocycles. The molecule has 0 saturated carbocycles. The molecule has 17 nitrogen and oxygen atoms in total. The molecule has 0 aliphatic rings. The lowest BCUT2D eigenvalue weighted by Gasteiger charge is -2.21. The predicted molar refractivity (Wildman–Crippen MR) is 354 cm³/mol. The Hall–Kier alpha value is -1.94. The summed E-state index contributed by atoms with van der Waals surface area (Å²) >= 11 is 0. The molecule has 0 spiro atoms. The highest BCUT2D eigenvalue weighted by molar-refractivity contribution is 7.47. The van der Waals surface area contributed by atoms with Gasteiger partial charge in [-0.15, -0.1) is 0 Å². The maximum Gasteiger partial charge on any atom is 0.472 e. The van der Waals surface area contributed by atoms with E-state index in [0.29, 0.717) is 31.6 Å². The molecular weight excluding hydrogens is 1160 g/mol. The lowest BCUT2D eigenvalue weighted by atomic mass is 10.0. The molecule has 88 heavy (non-hydrogen) atoms. The van der Waals surface area contributed by atoms with Crippen LogP contribution in [0.25, 0.3) is 0 Å². The van der Waals surface area contributed by atoms with Crippen LogP contribution in [0.3, 0.4) is 0 Å². The lowest BCUT2D eigenvalue weighted by molar-refractivity contribution is -0.161. The number of ether oxygens (including phenoxy) is 4. The second-order valence-electron chi connectivity index (χ2n) is 25.9. The molecule has 522 valence electrons. The molecular formula is C69H134O17P2. The minimum absolute atomic E-state index is 0.106. The molecule has 19 heteroatoms. The fourth-order valence-electron chi connectivity index (χ4n) is 10.4. The highest BCUT2D eigenvalue weighted by Gasteiger charge is 2.30. The third kappa shape index (κ3) is 62.8. The normalized spacial score (nSPS) is 14.2. The topological polar surface area (TPSA) is 237 Å². The molecule has 0 aliphatic carbocycles. The van der Waals surface area contributed by atoms with E-state index in [1.54, 1.807) is 0 Å². The molecule has 0 amide bonds. The SMILES string of the molecule is CCCCCCCCCCCCC(=O)O[C@H](COC(=O)CCCCCCCCC)COP(=O)(O)OC[C@H](O)COP(=O)(O)OC[C@@H](COC(=O)CCCCCCCCCC(C)C)OC(=O)CCCCCCCCCCCCCCCCCCCCC(C)C. The van der Waals surface area contributed by atoms with E-state index >= 15 is 0 Å². The van der Waals surface area contributed by atoms with Crippen LogP contribution in [0.2, 0.25) is 0 Å². The standard InChI is InChI=1S/C69H134O17P2/c1-7-9-11-13-15-16-28-34-41-47-53-68(73)85-64(57-79-66(71)51-45-39-31-14-12-10-8-2)59-83-87(75,76)81-55-63(70)56-82-88(77,78)84-60-65(58-80-67(72)52-46-40-36-30-33-38-44-50-62(5)6)86-69(74)54-48-42-35-29-26-24-22-20-18-17-19-21-23-25-27-32-37-43-49-61(3)4/h61-65,70H,7-60H2,1-6H3,(H,75,76)(H,77,78)/t63-,64+,65+/m0/s1. The minimum Gasteiger partial charge on any atom is -0.462 e. The largest absolute Gasteiger partial charge is 0.472 e. The Bertz CT molecular complexity index is 1720. The van der Waals surface area contributed by atoms with Gasteiger partial charge in [0.1, 0.15) is 19.3 Å². The molecule has 0 bridgehead atoms. The number of esters is 4. The zero-order valence-corrected chi connectivity index (χ0v) is 58.8. The smallest absolute Gasteiger partial charge is 0.462 e.